The molecule has 3 heteroatoms. The molecule has 0 saturated heterocycles. The second-order valence-corrected chi connectivity index (χ2v) is 7.87. The molecule has 0 aromatic carbocycles. The molecule has 0 aromatic heterocycles. The molecule has 1 unspecified atom stereocenters. The Kier molecular flexibility index (Phi) is 2.94. The molecule has 0 radical (unpaired) electrons. The molecule has 4 aliphatic rings. The Morgan fingerprint density at radius 2 is 2.05 bits per heavy atom. The summed E-state index contributed by atoms with van der Waals surface area (Å²) in [5.74, 6) is 2.25. The fraction of sp³-hybridized carbons (Fsp3) is 0.778. The molecule has 3 saturated carbocycles. The molecular formula is C18H24O3. The lowest BCUT2D eigenvalue weighted by Gasteiger charge is -2.53. The van der Waals surface area contributed by atoms with Crippen LogP contribution in [0.2, 0.25) is 0 Å². The van der Waals surface area contributed by atoms with Gasteiger partial charge < -0.3 is 5.11 Å². The number of hydrogen-bond acceptors (Lipinski definition) is 3. The van der Waals surface area contributed by atoms with Crippen LogP contribution >= 0.6 is 0 Å². The largest absolute Gasteiger partial charge is 0.393 e. The van der Waals surface area contributed by atoms with Crippen molar-refractivity contribution in [3.63, 3.8) is 0 Å². The van der Waals surface area contributed by atoms with Crippen LogP contribution in [0.3, 0.4) is 0 Å². The molecule has 0 amide bonds. The molecular weight excluding hydrogens is 264 g/mol. The Labute approximate surface area is 125 Å². The Hall–Kier alpha value is -0.960. The highest BCUT2D eigenvalue weighted by atomic mass is 16.3. The van der Waals surface area contributed by atoms with Crippen LogP contribution in [0.1, 0.15) is 51.9 Å². The van der Waals surface area contributed by atoms with E-state index in [-0.39, 0.29) is 17.4 Å². The number of carbonyl (C=O) groups excluding carboxylic acids is 2. The molecule has 3 fully saturated rings. The first-order chi connectivity index (χ1) is 10.0. The van der Waals surface area contributed by atoms with E-state index in [1.54, 1.807) is 0 Å². The number of carbonyl (C=O) groups is 2. The molecule has 0 bridgehead atoms. The number of aliphatic hydroxyl groups excluding tert-OH is 1. The van der Waals surface area contributed by atoms with Gasteiger partial charge in [-0.3, -0.25) is 9.59 Å². The molecule has 3 nitrogen and oxygen atoms in total. The lowest BCUT2D eigenvalue weighted by Crippen LogP contribution is -2.52. The van der Waals surface area contributed by atoms with Gasteiger partial charge in [-0.05, 0) is 49.4 Å². The van der Waals surface area contributed by atoms with Crippen LogP contribution in [0, 0.1) is 29.1 Å². The van der Waals surface area contributed by atoms with Crippen LogP contribution in [-0.4, -0.2) is 22.8 Å². The Bertz CT molecular complexity index is 535. The van der Waals surface area contributed by atoms with Crippen LogP contribution < -0.4 is 0 Å². The van der Waals surface area contributed by atoms with Gasteiger partial charge in [0.25, 0.3) is 0 Å². The number of Topliss-reactive ketones (excluding diaryl/α,β-unsaturated/α-hetero) is 2. The van der Waals surface area contributed by atoms with E-state index in [0.717, 1.165) is 19.3 Å². The van der Waals surface area contributed by atoms with E-state index in [2.05, 4.69) is 13.0 Å². The van der Waals surface area contributed by atoms with Crippen LogP contribution in [0.15, 0.2) is 11.6 Å². The minimum atomic E-state index is -0.375. The molecule has 1 N–H and O–H groups in total. The van der Waals surface area contributed by atoms with Gasteiger partial charge in [0.15, 0.2) is 0 Å². The van der Waals surface area contributed by atoms with Crippen molar-refractivity contribution < 1.29 is 14.7 Å². The topological polar surface area (TPSA) is 54.4 Å². The van der Waals surface area contributed by atoms with E-state index >= 15 is 0 Å². The number of fused-ring (bicyclic) bond motifs is 5. The van der Waals surface area contributed by atoms with E-state index in [1.807, 2.05) is 0 Å². The zero-order chi connectivity index (χ0) is 14.8. The predicted octanol–water partition coefficient (Wildman–Crippen LogP) is 2.67. The SMILES string of the molecule is C[C@]12CC(O)[C@H]3[C@@H](CC=C4CC(=O)CC[C@@H]43)[C@@H]1CCC2=O. The van der Waals surface area contributed by atoms with Crippen LogP contribution in [0.5, 0.6) is 0 Å². The summed E-state index contributed by atoms with van der Waals surface area (Å²) in [5.41, 5.74) is 0.982. The smallest absolute Gasteiger partial charge is 0.139 e. The first kappa shape index (κ1) is 13.7. The highest BCUT2D eigenvalue weighted by molar-refractivity contribution is 5.87. The second-order valence-electron chi connectivity index (χ2n) is 7.87. The number of allylic oxidation sites excluding steroid dienone is 2. The molecule has 4 aliphatic carbocycles. The van der Waals surface area contributed by atoms with Crippen molar-refractivity contribution in [1.29, 1.82) is 0 Å². The molecule has 6 atom stereocenters. The summed E-state index contributed by atoms with van der Waals surface area (Å²) in [6.07, 6.45) is 7.34. The van der Waals surface area contributed by atoms with Crippen LogP contribution in [0.4, 0.5) is 0 Å². The maximum absolute atomic E-state index is 12.3. The average molecular weight is 288 g/mol. The summed E-state index contributed by atoms with van der Waals surface area (Å²) in [6.45, 7) is 2.08. The van der Waals surface area contributed by atoms with Gasteiger partial charge in [-0.15, -0.1) is 0 Å². The summed E-state index contributed by atoms with van der Waals surface area (Å²) in [6, 6.07) is 0. The minimum absolute atomic E-state index is 0.280. The monoisotopic (exact) mass is 288 g/mol. The summed E-state index contributed by atoms with van der Waals surface area (Å²) < 4.78 is 0. The molecule has 0 aliphatic heterocycles. The van der Waals surface area contributed by atoms with Gasteiger partial charge in [0.2, 0.25) is 0 Å². The fourth-order valence-corrected chi connectivity index (χ4v) is 5.96. The van der Waals surface area contributed by atoms with Crippen molar-refractivity contribution in [3.8, 4) is 0 Å². The van der Waals surface area contributed by atoms with Gasteiger partial charge in [0.1, 0.15) is 11.6 Å². The minimum Gasteiger partial charge on any atom is -0.393 e. The quantitative estimate of drug-likeness (QED) is 0.697. The Morgan fingerprint density at radius 3 is 2.86 bits per heavy atom. The highest BCUT2D eigenvalue weighted by Crippen LogP contribution is 2.59. The standard InChI is InChI=1S/C18H24O3/c1-18-9-15(20)17-12-5-3-11(19)8-10(12)2-4-13(17)14(18)6-7-16(18)21/h2,12-15,17,20H,3-9H2,1H3/t12-,13-,14-,15?,17+,18-/m0/s1. The van der Waals surface area contributed by atoms with Crippen molar-refractivity contribution >= 4 is 11.6 Å². The first-order valence-corrected chi connectivity index (χ1v) is 8.42. The normalized spacial score (nSPS) is 49.2. The van der Waals surface area contributed by atoms with Gasteiger partial charge >= 0.3 is 0 Å². The van der Waals surface area contributed by atoms with Gasteiger partial charge in [-0.2, -0.15) is 0 Å². The number of aliphatic hydroxyl groups is 1. The van der Waals surface area contributed by atoms with E-state index < -0.39 is 0 Å². The highest BCUT2D eigenvalue weighted by Gasteiger charge is 2.58. The molecule has 0 spiro atoms. The molecule has 21 heavy (non-hydrogen) atoms. The summed E-state index contributed by atoms with van der Waals surface area (Å²) in [7, 11) is 0. The van der Waals surface area contributed by atoms with E-state index in [9.17, 15) is 14.7 Å². The van der Waals surface area contributed by atoms with Crippen molar-refractivity contribution in [2.24, 2.45) is 29.1 Å². The van der Waals surface area contributed by atoms with Crippen molar-refractivity contribution in [2.75, 3.05) is 0 Å². The maximum Gasteiger partial charge on any atom is 0.139 e. The fourth-order valence-electron chi connectivity index (χ4n) is 5.96. The zero-order valence-corrected chi connectivity index (χ0v) is 12.7. The second kappa shape index (κ2) is 4.52. The van der Waals surface area contributed by atoms with Crippen molar-refractivity contribution in [3.05, 3.63) is 11.6 Å². The third-order valence-corrected chi connectivity index (χ3v) is 6.96. The number of ketones is 2. The van der Waals surface area contributed by atoms with Crippen LogP contribution in [-0.2, 0) is 9.59 Å². The molecule has 4 rings (SSSR count). The zero-order valence-electron chi connectivity index (χ0n) is 12.7. The van der Waals surface area contributed by atoms with Gasteiger partial charge in [0.05, 0.1) is 6.10 Å². The molecule has 0 aromatic rings. The summed E-state index contributed by atoms with van der Waals surface area (Å²) in [5, 5.41) is 10.8. The van der Waals surface area contributed by atoms with Crippen LogP contribution in [0.25, 0.3) is 0 Å². The molecule has 114 valence electrons. The summed E-state index contributed by atoms with van der Waals surface area (Å²) >= 11 is 0. The lowest BCUT2D eigenvalue weighted by atomic mass is 9.52. The summed E-state index contributed by atoms with van der Waals surface area (Å²) in [4.78, 5) is 24.0. The average Bonchev–Trinajstić information content (AvgIpc) is 2.74. The van der Waals surface area contributed by atoms with Gasteiger partial charge in [-0.25, -0.2) is 0 Å². The van der Waals surface area contributed by atoms with E-state index in [1.165, 1.54) is 5.57 Å². The van der Waals surface area contributed by atoms with Gasteiger partial charge in [-0.1, -0.05) is 18.6 Å². The van der Waals surface area contributed by atoms with E-state index in [0.29, 0.717) is 55.0 Å². The first-order valence-electron chi connectivity index (χ1n) is 8.42. The number of rotatable bonds is 0. The lowest BCUT2D eigenvalue weighted by molar-refractivity contribution is -0.139. The Balaban J connectivity index is 1.70. The Morgan fingerprint density at radius 1 is 1.24 bits per heavy atom. The number of hydrogen-bond donors (Lipinski definition) is 1. The molecule has 0 heterocycles. The van der Waals surface area contributed by atoms with Gasteiger partial charge in [0, 0.05) is 24.7 Å². The predicted molar refractivity (Wildman–Crippen MR) is 78.5 cm³/mol. The van der Waals surface area contributed by atoms with Crippen molar-refractivity contribution in [1.82, 2.24) is 0 Å². The maximum atomic E-state index is 12.3. The van der Waals surface area contributed by atoms with Crippen molar-refractivity contribution in [2.45, 2.75) is 58.0 Å². The third kappa shape index (κ3) is 1.82. The third-order valence-electron chi connectivity index (χ3n) is 6.96. The van der Waals surface area contributed by atoms with E-state index in [4.69, 9.17) is 0 Å².